The molecule has 1 unspecified atom stereocenters. The summed E-state index contributed by atoms with van der Waals surface area (Å²) in [5.41, 5.74) is 3.93. The van der Waals surface area contributed by atoms with Gasteiger partial charge >= 0.3 is 0 Å². The lowest BCUT2D eigenvalue weighted by molar-refractivity contribution is 0.218. The number of hydrogen-bond acceptors (Lipinski definition) is 3. The molecule has 0 aliphatic heterocycles. The van der Waals surface area contributed by atoms with E-state index in [0.717, 1.165) is 30.4 Å². The van der Waals surface area contributed by atoms with E-state index >= 15 is 0 Å². The largest absolute Gasteiger partial charge is 0.490 e. The number of aromatic nitrogens is 2. The highest BCUT2D eigenvalue weighted by molar-refractivity contribution is 5.64. The van der Waals surface area contributed by atoms with Gasteiger partial charge in [0.2, 0.25) is 0 Å². The number of nitrogens with zero attached hydrogens (tertiary/aromatic N) is 2. The van der Waals surface area contributed by atoms with Gasteiger partial charge < -0.3 is 4.74 Å². The summed E-state index contributed by atoms with van der Waals surface area (Å²) in [7, 11) is 0. The number of hydrogen-bond donors (Lipinski definition) is 0. The summed E-state index contributed by atoms with van der Waals surface area (Å²) in [5.74, 6) is 0.0836. The first-order valence-electron chi connectivity index (χ1n) is 14.6. The van der Waals surface area contributed by atoms with Crippen LogP contribution in [0.4, 0.5) is 8.78 Å². The highest BCUT2D eigenvalue weighted by Gasteiger charge is 2.11. The van der Waals surface area contributed by atoms with Crippen molar-refractivity contribution in [2.45, 2.75) is 103 Å². The molecule has 3 aromatic rings. The Hall–Kier alpha value is -2.82. The molecule has 3 rings (SSSR count). The first kappa shape index (κ1) is 29.7. The van der Waals surface area contributed by atoms with Crippen molar-refractivity contribution in [1.29, 1.82) is 0 Å². The molecule has 2 aromatic carbocycles. The minimum Gasteiger partial charge on any atom is -0.490 e. The van der Waals surface area contributed by atoms with Gasteiger partial charge in [0.15, 0.2) is 17.4 Å². The Morgan fingerprint density at radius 2 is 1.34 bits per heavy atom. The molecule has 0 fully saturated rings. The maximum atomic E-state index is 14.6. The Labute approximate surface area is 228 Å². The van der Waals surface area contributed by atoms with Crippen molar-refractivity contribution in [3.63, 3.8) is 0 Å². The summed E-state index contributed by atoms with van der Waals surface area (Å²) in [5, 5.41) is 0. The molecule has 1 aromatic heterocycles. The molecule has 1 atom stereocenters. The lowest BCUT2D eigenvalue weighted by Crippen LogP contribution is -2.08. The fourth-order valence-electron chi connectivity index (χ4n) is 4.58. The zero-order valence-corrected chi connectivity index (χ0v) is 23.2. The third-order valence-corrected chi connectivity index (χ3v) is 7.01. The third-order valence-electron chi connectivity index (χ3n) is 7.01. The molecule has 0 amide bonds. The van der Waals surface area contributed by atoms with Crippen LogP contribution in [0, 0.1) is 5.82 Å². The van der Waals surface area contributed by atoms with Crippen LogP contribution < -0.4 is 4.74 Å². The molecule has 0 aliphatic carbocycles. The average molecular weight is 523 g/mol. The molecule has 206 valence electrons. The van der Waals surface area contributed by atoms with Crippen LogP contribution in [0.1, 0.15) is 96.5 Å². The Balaban J connectivity index is 1.46. The van der Waals surface area contributed by atoms with E-state index in [2.05, 4.69) is 41.2 Å². The normalized spacial score (nSPS) is 12.0. The zero-order chi connectivity index (χ0) is 27.0. The van der Waals surface area contributed by atoms with Gasteiger partial charge in [-0.15, -0.1) is 0 Å². The van der Waals surface area contributed by atoms with Crippen molar-refractivity contribution >= 4 is 0 Å². The smallest absolute Gasteiger partial charge is 0.165 e. The molecule has 0 N–H and O–H groups in total. The number of ether oxygens (including phenoxy) is 1. The Kier molecular flexibility index (Phi) is 13.2. The highest BCUT2D eigenvalue weighted by Crippen LogP contribution is 2.26. The summed E-state index contributed by atoms with van der Waals surface area (Å²) in [4.78, 5) is 8.92. The Morgan fingerprint density at radius 1 is 0.711 bits per heavy atom. The lowest BCUT2D eigenvalue weighted by Gasteiger charge is -2.11. The quantitative estimate of drug-likeness (QED) is 0.156. The Morgan fingerprint density at radius 3 is 2.00 bits per heavy atom. The van der Waals surface area contributed by atoms with Gasteiger partial charge in [0, 0.05) is 29.9 Å². The second-order valence-corrected chi connectivity index (χ2v) is 10.2. The van der Waals surface area contributed by atoms with Crippen molar-refractivity contribution in [3.8, 4) is 28.3 Å². The van der Waals surface area contributed by atoms with Gasteiger partial charge in [-0.1, -0.05) is 95.9 Å². The fraction of sp³-hybridized carbons (Fsp3) is 0.515. The van der Waals surface area contributed by atoms with Gasteiger partial charge in [0.1, 0.15) is 6.17 Å². The van der Waals surface area contributed by atoms with E-state index < -0.39 is 12.0 Å². The van der Waals surface area contributed by atoms with Gasteiger partial charge in [-0.2, -0.15) is 0 Å². The van der Waals surface area contributed by atoms with E-state index in [4.69, 9.17) is 4.74 Å². The number of rotatable bonds is 18. The monoisotopic (exact) mass is 522 g/mol. The minimum atomic E-state index is -0.907. The van der Waals surface area contributed by atoms with Crippen LogP contribution in [-0.2, 0) is 6.42 Å². The van der Waals surface area contributed by atoms with E-state index in [1.54, 1.807) is 24.5 Å². The van der Waals surface area contributed by atoms with Crippen molar-refractivity contribution in [2.75, 3.05) is 6.61 Å². The number of aryl methyl sites for hydroxylation is 1. The van der Waals surface area contributed by atoms with Crippen LogP contribution in [0.15, 0.2) is 54.9 Å². The average Bonchev–Trinajstić information content (AvgIpc) is 2.94. The summed E-state index contributed by atoms with van der Waals surface area (Å²) in [6.45, 7) is 4.45. The second-order valence-electron chi connectivity index (χ2n) is 10.2. The standard InChI is InChI=1S/C33H44F2N2O/c1-3-5-7-8-9-10-11-12-13-26-15-17-27(18-16-26)29-24-36-33(37-25-29)28-19-20-32(31(35)23-28)38-22-21-30(34)14-6-4-2/h15-20,23-25,30H,3-14,21-22H2,1-2H3. The van der Waals surface area contributed by atoms with E-state index in [9.17, 15) is 8.78 Å². The van der Waals surface area contributed by atoms with Crippen LogP contribution in [0.25, 0.3) is 22.5 Å². The summed E-state index contributed by atoms with van der Waals surface area (Å²) in [6, 6.07) is 13.3. The van der Waals surface area contributed by atoms with Crippen molar-refractivity contribution in [3.05, 3.63) is 66.2 Å². The van der Waals surface area contributed by atoms with Crippen LogP contribution >= 0.6 is 0 Å². The summed E-state index contributed by atoms with van der Waals surface area (Å²) in [6.07, 6.45) is 17.0. The number of alkyl halides is 1. The maximum absolute atomic E-state index is 14.6. The summed E-state index contributed by atoms with van der Waals surface area (Å²) >= 11 is 0. The molecule has 3 nitrogen and oxygen atoms in total. The molecular formula is C33H44F2N2O. The van der Waals surface area contributed by atoms with Gasteiger partial charge in [-0.25, -0.2) is 18.7 Å². The predicted molar refractivity (Wildman–Crippen MR) is 154 cm³/mol. The molecule has 0 saturated heterocycles. The molecule has 0 saturated carbocycles. The van der Waals surface area contributed by atoms with Gasteiger partial charge in [-0.3, -0.25) is 0 Å². The number of halogens is 2. The van der Waals surface area contributed by atoms with Gasteiger partial charge in [0.05, 0.1) is 6.61 Å². The SMILES string of the molecule is CCCCCCCCCCc1ccc(-c2cnc(-c3ccc(OCCC(F)CCCC)c(F)c3)nc2)cc1. The second kappa shape index (κ2) is 16.9. The number of benzene rings is 2. The Bertz CT molecular complexity index is 1050. The molecule has 0 aliphatic rings. The zero-order valence-electron chi connectivity index (χ0n) is 23.2. The van der Waals surface area contributed by atoms with E-state index in [-0.39, 0.29) is 18.8 Å². The first-order chi connectivity index (χ1) is 18.6. The van der Waals surface area contributed by atoms with Crippen LogP contribution in [-0.4, -0.2) is 22.7 Å². The fourth-order valence-corrected chi connectivity index (χ4v) is 4.58. The first-order valence-corrected chi connectivity index (χ1v) is 14.6. The maximum Gasteiger partial charge on any atom is 0.165 e. The van der Waals surface area contributed by atoms with Crippen LogP contribution in [0.2, 0.25) is 0 Å². The molecule has 5 heteroatoms. The predicted octanol–water partition coefficient (Wildman–Crippen LogP) is 9.93. The van der Waals surface area contributed by atoms with Crippen LogP contribution in [0.3, 0.4) is 0 Å². The van der Waals surface area contributed by atoms with E-state index in [1.807, 2.05) is 6.92 Å². The molecule has 0 bridgehead atoms. The molecular weight excluding hydrogens is 478 g/mol. The van der Waals surface area contributed by atoms with Crippen molar-refractivity contribution in [2.24, 2.45) is 0 Å². The van der Waals surface area contributed by atoms with Gasteiger partial charge in [0.25, 0.3) is 0 Å². The van der Waals surface area contributed by atoms with Crippen molar-refractivity contribution in [1.82, 2.24) is 9.97 Å². The molecule has 1 heterocycles. The van der Waals surface area contributed by atoms with E-state index in [0.29, 0.717) is 17.8 Å². The van der Waals surface area contributed by atoms with Gasteiger partial charge in [-0.05, 0) is 48.6 Å². The lowest BCUT2D eigenvalue weighted by atomic mass is 10.0. The highest BCUT2D eigenvalue weighted by atomic mass is 19.1. The summed E-state index contributed by atoms with van der Waals surface area (Å²) < 4.78 is 33.8. The topological polar surface area (TPSA) is 35.0 Å². The van der Waals surface area contributed by atoms with Crippen LogP contribution in [0.5, 0.6) is 5.75 Å². The number of unbranched alkanes of at least 4 members (excludes halogenated alkanes) is 8. The van der Waals surface area contributed by atoms with E-state index in [1.165, 1.54) is 63.0 Å². The molecule has 38 heavy (non-hydrogen) atoms. The third kappa shape index (κ3) is 10.2. The molecule has 0 radical (unpaired) electrons. The molecule has 0 spiro atoms. The van der Waals surface area contributed by atoms with Crippen molar-refractivity contribution < 1.29 is 13.5 Å². The minimum absolute atomic E-state index is 0.125.